The van der Waals surface area contributed by atoms with Gasteiger partial charge >= 0.3 is 0 Å². The third kappa shape index (κ3) is 13.4. The number of rotatable bonds is 20. The maximum Gasteiger partial charge on any atom is 0.166 e. The average Bonchev–Trinajstić information content (AvgIpc) is 2.75. The Hall–Kier alpha value is -1.10. The summed E-state index contributed by atoms with van der Waals surface area (Å²) in [4.78, 5) is 0. The molecule has 0 saturated heterocycles. The highest BCUT2D eigenvalue weighted by Gasteiger charge is 2.25. The molecule has 186 valence electrons. The monoisotopic (exact) mass is 458 g/mol. The van der Waals surface area contributed by atoms with Crippen LogP contribution in [0.1, 0.15) is 38.8 Å². The highest BCUT2D eigenvalue weighted by molar-refractivity contribution is 5.27. The highest BCUT2D eigenvalue weighted by atomic mass is 16.6. The van der Waals surface area contributed by atoms with Crippen molar-refractivity contribution in [2.24, 2.45) is 0 Å². The molecule has 0 fully saturated rings. The Morgan fingerprint density at radius 3 is 1.66 bits per heavy atom. The minimum Gasteiger partial charge on any atom is -0.383 e. The van der Waals surface area contributed by atoms with Crippen LogP contribution >= 0.6 is 0 Å². The lowest BCUT2D eigenvalue weighted by Gasteiger charge is -2.26. The van der Waals surface area contributed by atoms with Gasteiger partial charge in [-0.15, -0.1) is 0 Å². The zero-order chi connectivity index (χ0) is 23.7. The molecule has 2 N–H and O–H groups in total. The maximum atomic E-state index is 10.7. The summed E-state index contributed by atoms with van der Waals surface area (Å²) in [7, 11) is 0. The van der Waals surface area contributed by atoms with Crippen LogP contribution in [-0.2, 0) is 40.4 Å². The Labute approximate surface area is 192 Å². The molecule has 8 heteroatoms. The van der Waals surface area contributed by atoms with Gasteiger partial charge in [-0.05, 0) is 38.8 Å². The van der Waals surface area contributed by atoms with E-state index in [4.69, 9.17) is 28.4 Å². The standard InChI is InChI=1S/C24H42O8/c1-5-27-11-13-29-15-16-31-20-23(3,25)22-9-7-21(8-10-22)19-24(4,26)32-18-17-30-14-12-28-6-2/h7-10,25-26H,5-6,11-20H2,1-4H3. The van der Waals surface area contributed by atoms with Gasteiger partial charge in [-0.3, -0.25) is 0 Å². The van der Waals surface area contributed by atoms with Crippen molar-refractivity contribution in [1.82, 2.24) is 0 Å². The lowest BCUT2D eigenvalue weighted by Crippen LogP contribution is -2.32. The first-order chi connectivity index (χ1) is 15.3. The topological polar surface area (TPSA) is 95.8 Å². The van der Waals surface area contributed by atoms with Crippen LogP contribution in [0.3, 0.4) is 0 Å². The molecule has 0 aliphatic carbocycles. The molecule has 8 nitrogen and oxygen atoms in total. The molecule has 0 bridgehead atoms. The van der Waals surface area contributed by atoms with Gasteiger partial charge in [-0.25, -0.2) is 0 Å². The molecule has 1 aromatic carbocycles. The van der Waals surface area contributed by atoms with Gasteiger partial charge in [0.1, 0.15) is 5.60 Å². The lowest BCUT2D eigenvalue weighted by molar-refractivity contribution is -0.195. The Bertz CT molecular complexity index is 574. The number of ether oxygens (including phenoxy) is 6. The number of hydrogen-bond acceptors (Lipinski definition) is 8. The minimum absolute atomic E-state index is 0.158. The fourth-order valence-corrected chi connectivity index (χ4v) is 2.93. The second-order valence-corrected chi connectivity index (χ2v) is 7.84. The van der Waals surface area contributed by atoms with E-state index >= 15 is 0 Å². The van der Waals surface area contributed by atoms with Crippen molar-refractivity contribution >= 4 is 0 Å². The quantitative estimate of drug-likeness (QED) is 0.227. The van der Waals surface area contributed by atoms with Gasteiger partial charge in [0.2, 0.25) is 0 Å². The summed E-state index contributed by atoms with van der Waals surface area (Å²) in [6, 6.07) is 7.42. The van der Waals surface area contributed by atoms with Crippen LogP contribution in [0.15, 0.2) is 24.3 Å². The first kappa shape index (κ1) is 28.9. The smallest absolute Gasteiger partial charge is 0.166 e. The third-order valence-corrected chi connectivity index (χ3v) is 4.66. The van der Waals surface area contributed by atoms with Crippen molar-refractivity contribution in [2.75, 3.05) is 72.7 Å². The summed E-state index contributed by atoms with van der Waals surface area (Å²) in [6.45, 7) is 12.4. The molecule has 0 spiro atoms. The predicted octanol–water partition coefficient (Wildman–Crippen LogP) is 2.28. The molecular weight excluding hydrogens is 416 g/mol. The summed E-state index contributed by atoms with van der Waals surface area (Å²) < 4.78 is 32.3. The van der Waals surface area contributed by atoms with E-state index in [9.17, 15) is 10.2 Å². The normalized spacial score (nSPS) is 15.4. The maximum absolute atomic E-state index is 10.7. The van der Waals surface area contributed by atoms with Crippen molar-refractivity contribution in [3.05, 3.63) is 35.4 Å². The van der Waals surface area contributed by atoms with Crippen LogP contribution in [0.5, 0.6) is 0 Å². The molecule has 0 aliphatic heterocycles. The number of benzene rings is 1. The van der Waals surface area contributed by atoms with E-state index in [2.05, 4.69) is 0 Å². The Balaban J connectivity index is 2.32. The van der Waals surface area contributed by atoms with Crippen molar-refractivity contribution in [3.63, 3.8) is 0 Å². The molecule has 2 unspecified atom stereocenters. The third-order valence-electron chi connectivity index (χ3n) is 4.66. The second kappa shape index (κ2) is 16.5. The predicted molar refractivity (Wildman–Crippen MR) is 122 cm³/mol. The SMILES string of the molecule is CCOCCOCCOCC(C)(O)c1ccc(CC(C)(O)OCCOCCOCC)cc1. The lowest BCUT2D eigenvalue weighted by atomic mass is 9.94. The van der Waals surface area contributed by atoms with Gasteiger partial charge in [-0.2, -0.15) is 0 Å². The zero-order valence-electron chi connectivity index (χ0n) is 20.1. The fourth-order valence-electron chi connectivity index (χ4n) is 2.93. The van der Waals surface area contributed by atoms with Crippen LogP contribution < -0.4 is 0 Å². The van der Waals surface area contributed by atoms with E-state index in [1.165, 1.54) is 0 Å². The Morgan fingerprint density at radius 1 is 0.656 bits per heavy atom. The van der Waals surface area contributed by atoms with Crippen molar-refractivity contribution in [2.45, 2.75) is 45.5 Å². The Morgan fingerprint density at radius 2 is 1.12 bits per heavy atom. The van der Waals surface area contributed by atoms with Crippen LogP contribution in [0.2, 0.25) is 0 Å². The van der Waals surface area contributed by atoms with Gasteiger partial charge in [-0.1, -0.05) is 24.3 Å². The molecular formula is C24H42O8. The molecule has 0 heterocycles. The molecule has 0 saturated carbocycles. The van der Waals surface area contributed by atoms with Gasteiger partial charge < -0.3 is 38.6 Å². The molecule has 0 aromatic heterocycles. The first-order valence-corrected chi connectivity index (χ1v) is 11.4. The molecule has 1 aromatic rings. The summed E-state index contributed by atoms with van der Waals surface area (Å²) >= 11 is 0. The molecule has 0 amide bonds. The van der Waals surface area contributed by atoms with Crippen molar-refractivity contribution in [1.29, 1.82) is 0 Å². The summed E-state index contributed by atoms with van der Waals surface area (Å²) in [6.07, 6.45) is 0.323. The van der Waals surface area contributed by atoms with E-state index in [-0.39, 0.29) is 6.61 Å². The van der Waals surface area contributed by atoms with Crippen LogP contribution in [0, 0.1) is 0 Å². The summed E-state index contributed by atoms with van der Waals surface area (Å²) in [5, 5.41) is 21.2. The molecule has 0 aliphatic rings. The largest absolute Gasteiger partial charge is 0.383 e. The van der Waals surface area contributed by atoms with Crippen LogP contribution in [-0.4, -0.2) is 88.7 Å². The summed E-state index contributed by atoms with van der Waals surface area (Å²) in [5.74, 6) is -1.31. The number of hydrogen-bond donors (Lipinski definition) is 2. The van der Waals surface area contributed by atoms with Crippen molar-refractivity contribution in [3.8, 4) is 0 Å². The molecule has 2 atom stereocenters. The van der Waals surface area contributed by atoms with E-state index in [1.54, 1.807) is 13.8 Å². The van der Waals surface area contributed by atoms with Gasteiger partial charge in [0.05, 0.1) is 59.5 Å². The van der Waals surface area contributed by atoms with E-state index in [0.717, 1.165) is 11.1 Å². The molecule has 1 rings (SSSR count). The molecule has 32 heavy (non-hydrogen) atoms. The van der Waals surface area contributed by atoms with E-state index < -0.39 is 11.4 Å². The van der Waals surface area contributed by atoms with E-state index in [1.807, 2.05) is 38.1 Å². The van der Waals surface area contributed by atoms with Gasteiger partial charge in [0.15, 0.2) is 5.79 Å². The first-order valence-electron chi connectivity index (χ1n) is 11.4. The fraction of sp³-hybridized carbons (Fsp3) is 0.750. The zero-order valence-corrected chi connectivity index (χ0v) is 20.1. The minimum atomic E-state index is -1.31. The van der Waals surface area contributed by atoms with Gasteiger partial charge in [0, 0.05) is 19.6 Å². The average molecular weight is 459 g/mol. The van der Waals surface area contributed by atoms with E-state index in [0.29, 0.717) is 72.5 Å². The van der Waals surface area contributed by atoms with Crippen molar-refractivity contribution < 1.29 is 38.6 Å². The second-order valence-electron chi connectivity index (χ2n) is 7.84. The Kier molecular flexibility index (Phi) is 14.9. The van der Waals surface area contributed by atoms with Crippen LogP contribution in [0.4, 0.5) is 0 Å². The molecule has 0 radical (unpaired) electrons. The highest BCUT2D eigenvalue weighted by Crippen LogP contribution is 2.23. The van der Waals surface area contributed by atoms with Crippen LogP contribution in [0.25, 0.3) is 0 Å². The number of aliphatic hydroxyl groups is 2. The van der Waals surface area contributed by atoms with Gasteiger partial charge in [0.25, 0.3) is 0 Å². The summed E-state index contributed by atoms with van der Waals surface area (Å²) in [5.41, 5.74) is 0.513.